The Morgan fingerprint density at radius 3 is 2.70 bits per heavy atom. The first kappa shape index (κ1) is 17.3. The van der Waals surface area contributed by atoms with Gasteiger partial charge < -0.3 is 14.5 Å². The first-order chi connectivity index (χ1) is 11.0. The maximum Gasteiger partial charge on any atom is 0.331 e. The Kier molecular flexibility index (Phi) is 6.40. The van der Waals surface area contributed by atoms with Crippen LogP contribution in [0.15, 0.2) is 27.3 Å². The lowest BCUT2D eigenvalue weighted by Gasteiger charge is -2.12. The van der Waals surface area contributed by atoms with Gasteiger partial charge in [0.05, 0.1) is 0 Å². The molecule has 0 saturated heterocycles. The Bertz CT molecular complexity index is 605. The molecular weight excluding hydrogens is 368 g/mol. The van der Waals surface area contributed by atoms with Gasteiger partial charge in [-0.2, -0.15) is 0 Å². The second-order valence-electron chi connectivity index (χ2n) is 5.09. The van der Waals surface area contributed by atoms with Gasteiger partial charge in [-0.05, 0) is 47.0 Å². The van der Waals surface area contributed by atoms with Crippen molar-refractivity contribution in [3.05, 3.63) is 28.6 Å². The fourth-order valence-corrected chi connectivity index (χ4v) is 2.53. The number of ether oxygens (including phenoxy) is 1. The van der Waals surface area contributed by atoms with E-state index in [1.54, 1.807) is 12.1 Å². The molecule has 0 spiro atoms. The molecule has 2 rings (SSSR count). The van der Waals surface area contributed by atoms with Crippen LogP contribution in [0.25, 0.3) is 6.08 Å². The van der Waals surface area contributed by atoms with E-state index in [9.17, 15) is 14.4 Å². The van der Waals surface area contributed by atoms with E-state index in [0.717, 1.165) is 31.8 Å². The molecule has 1 aromatic heterocycles. The molecule has 8 heteroatoms. The van der Waals surface area contributed by atoms with Gasteiger partial charge in [0.2, 0.25) is 0 Å². The molecule has 0 bridgehead atoms. The highest BCUT2D eigenvalue weighted by Gasteiger charge is 2.18. The number of hydrogen-bond acceptors (Lipinski definition) is 5. The fraction of sp³-hybridized carbons (Fsp3) is 0.400. The third-order valence-corrected chi connectivity index (χ3v) is 3.69. The smallest absolute Gasteiger partial charge is 0.331 e. The third kappa shape index (κ3) is 6.27. The van der Waals surface area contributed by atoms with E-state index in [-0.39, 0.29) is 6.04 Å². The summed E-state index contributed by atoms with van der Waals surface area (Å²) in [6.07, 6.45) is 6.55. The number of imide groups is 1. The van der Waals surface area contributed by atoms with Gasteiger partial charge >= 0.3 is 12.0 Å². The summed E-state index contributed by atoms with van der Waals surface area (Å²) in [4.78, 5) is 34.5. The summed E-state index contributed by atoms with van der Waals surface area (Å²) in [6, 6.07) is 2.89. The van der Waals surface area contributed by atoms with E-state index >= 15 is 0 Å². The molecule has 1 aliphatic carbocycles. The lowest BCUT2D eigenvalue weighted by atomic mass is 10.2. The Labute approximate surface area is 141 Å². The van der Waals surface area contributed by atoms with Crippen LogP contribution in [0.1, 0.15) is 31.4 Å². The molecule has 1 saturated carbocycles. The van der Waals surface area contributed by atoms with Crippen LogP contribution in [0.3, 0.4) is 0 Å². The fourth-order valence-electron chi connectivity index (χ4n) is 2.21. The van der Waals surface area contributed by atoms with Crippen molar-refractivity contribution < 1.29 is 23.5 Å². The average Bonchev–Trinajstić information content (AvgIpc) is 3.14. The van der Waals surface area contributed by atoms with E-state index in [2.05, 4.69) is 26.6 Å². The zero-order valence-corrected chi connectivity index (χ0v) is 13.9. The van der Waals surface area contributed by atoms with E-state index in [4.69, 9.17) is 9.15 Å². The molecule has 124 valence electrons. The Balaban J connectivity index is 1.65. The minimum atomic E-state index is -0.705. The summed E-state index contributed by atoms with van der Waals surface area (Å²) in [5.41, 5.74) is 0. The van der Waals surface area contributed by atoms with Crippen LogP contribution in [-0.4, -0.2) is 30.6 Å². The molecule has 23 heavy (non-hydrogen) atoms. The van der Waals surface area contributed by atoms with Crippen molar-refractivity contribution in [2.45, 2.75) is 31.7 Å². The van der Waals surface area contributed by atoms with E-state index in [1.807, 2.05) is 0 Å². The molecule has 0 atom stereocenters. The Hall–Kier alpha value is -2.09. The van der Waals surface area contributed by atoms with Crippen LogP contribution in [-0.2, 0) is 14.3 Å². The largest absolute Gasteiger partial charge is 0.452 e. The van der Waals surface area contributed by atoms with Gasteiger partial charge in [-0.1, -0.05) is 12.8 Å². The van der Waals surface area contributed by atoms with Crippen molar-refractivity contribution in [2.75, 3.05) is 6.61 Å². The molecule has 1 aromatic rings. The first-order valence-corrected chi connectivity index (χ1v) is 8.03. The van der Waals surface area contributed by atoms with Crippen LogP contribution in [0.5, 0.6) is 0 Å². The van der Waals surface area contributed by atoms with Crippen molar-refractivity contribution in [3.63, 3.8) is 0 Å². The molecular formula is C15H17BrN2O5. The molecule has 0 radical (unpaired) electrons. The molecule has 1 aliphatic rings. The number of rotatable bonds is 5. The van der Waals surface area contributed by atoms with E-state index < -0.39 is 24.5 Å². The van der Waals surface area contributed by atoms with Crippen LogP contribution in [0.2, 0.25) is 0 Å². The predicted molar refractivity (Wildman–Crippen MR) is 85.3 cm³/mol. The maximum absolute atomic E-state index is 11.6. The van der Waals surface area contributed by atoms with Crippen LogP contribution in [0, 0.1) is 0 Å². The maximum atomic E-state index is 11.6. The number of carbonyl (C=O) groups excluding carboxylic acids is 3. The quantitative estimate of drug-likeness (QED) is 0.599. The number of urea groups is 1. The highest BCUT2D eigenvalue weighted by atomic mass is 79.9. The summed E-state index contributed by atoms with van der Waals surface area (Å²) < 4.78 is 10.4. The molecule has 2 N–H and O–H groups in total. The summed E-state index contributed by atoms with van der Waals surface area (Å²) in [5, 5.41) is 4.83. The highest BCUT2D eigenvalue weighted by Crippen LogP contribution is 2.17. The monoisotopic (exact) mass is 384 g/mol. The number of nitrogens with one attached hydrogen (secondary N) is 2. The van der Waals surface area contributed by atoms with Crippen molar-refractivity contribution in [3.8, 4) is 0 Å². The molecule has 0 aromatic carbocycles. The van der Waals surface area contributed by atoms with Gasteiger partial charge in [0.1, 0.15) is 5.76 Å². The molecule has 0 aliphatic heterocycles. The van der Waals surface area contributed by atoms with Crippen molar-refractivity contribution in [1.29, 1.82) is 0 Å². The number of carbonyl (C=O) groups is 3. The topological polar surface area (TPSA) is 97.6 Å². The van der Waals surface area contributed by atoms with Gasteiger partial charge in [-0.25, -0.2) is 9.59 Å². The van der Waals surface area contributed by atoms with Crippen LogP contribution < -0.4 is 10.6 Å². The van der Waals surface area contributed by atoms with E-state index in [0.29, 0.717) is 10.4 Å². The molecule has 3 amide bonds. The third-order valence-electron chi connectivity index (χ3n) is 3.27. The Morgan fingerprint density at radius 1 is 1.30 bits per heavy atom. The molecule has 1 heterocycles. The van der Waals surface area contributed by atoms with Gasteiger partial charge in [-0.3, -0.25) is 10.1 Å². The number of amides is 3. The minimum absolute atomic E-state index is 0.112. The van der Waals surface area contributed by atoms with Crippen LogP contribution >= 0.6 is 15.9 Å². The zero-order valence-electron chi connectivity index (χ0n) is 12.3. The van der Waals surface area contributed by atoms with Crippen molar-refractivity contribution in [1.82, 2.24) is 10.6 Å². The first-order valence-electron chi connectivity index (χ1n) is 7.23. The Morgan fingerprint density at radius 2 is 2.04 bits per heavy atom. The van der Waals surface area contributed by atoms with Crippen molar-refractivity contribution >= 4 is 39.9 Å². The number of halogens is 1. The average molecular weight is 385 g/mol. The lowest BCUT2D eigenvalue weighted by Crippen LogP contribution is -2.44. The number of hydrogen-bond donors (Lipinski definition) is 2. The van der Waals surface area contributed by atoms with Gasteiger partial charge in [-0.15, -0.1) is 0 Å². The minimum Gasteiger partial charge on any atom is -0.452 e. The summed E-state index contributed by atoms with van der Waals surface area (Å²) >= 11 is 3.14. The SMILES string of the molecule is O=C(COC(=O)/C=C/c1ccc(Br)o1)NC(=O)NC1CCCC1. The normalized spacial score (nSPS) is 14.8. The molecule has 7 nitrogen and oxygen atoms in total. The number of esters is 1. The summed E-state index contributed by atoms with van der Waals surface area (Å²) in [7, 11) is 0. The highest BCUT2D eigenvalue weighted by molar-refractivity contribution is 9.10. The van der Waals surface area contributed by atoms with Crippen LogP contribution in [0.4, 0.5) is 4.79 Å². The van der Waals surface area contributed by atoms with Gasteiger partial charge in [0.25, 0.3) is 5.91 Å². The number of furan rings is 1. The predicted octanol–water partition coefficient (Wildman–Crippen LogP) is 2.37. The standard InChI is InChI=1S/C15H17BrN2O5/c16-12-7-5-11(23-12)6-8-14(20)22-9-13(19)18-15(21)17-10-3-1-2-4-10/h5-8,10H,1-4,9H2,(H2,17,18,19,21)/b8-6+. The zero-order chi connectivity index (χ0) is 16.7. The lowest BCUT2D eigenvalue weighted by molar-refractivity contribution is -0.143. The second kappa shape index (κ2) is 8.52. The van der Waals surface area contributed by atoms with Gasteiger partial charge in [0, 0.05) is 12.1 Å². The second-order valence-corrected chi connectivity index (χ2v) is 5.87. The molecule has 0 unspecified atom stereocenters. The van der Waals surface area contributed by atoms with E-state index in [1.165, 1.54) is 6.08 Å². The molecule has 1 fully saturated rings. The van der Waals surface area contributed by atoms with Gasteiger partial charge in [0.15, 0.2) is 11.3 Å². The van der Waals surface area contributed by atoms with Crippen molar-refractivity contribution in [2.24, 2.45) is 0 Å². The summed E-state index contributed by atoms with van der Waals surface area (Å²) in [5.74, 6) is -0.916. The summed E-state index contributed by atoms with van der Waals surface area (Å²) in [6.45, 7) is -0.525.